The van der Waals surface area contributed by atoms with Crippen LogP contribution in [0.3, 0.4) is 0 Å². The number of imidazole rings is 1. The van der Waals surface area contributed by atoms with Crippen LogP contribution in [0, 0.1) is 0 Å². The minimum Gasteiger partial charge on any atom is -0.507 e. The van der Waals surface area contributed by atoms with Gasteiger partial charge >= 0.3 is 0 Å². The molecule has 108 valence electrons. The lowest BCUT2D eigenvalue weighted by Gasteiger charge is -2.11. The SMILES string of the molecule is CCCc1cc(O)c(-c2cc(Cl)cn3ccnc23)c(O)c1. The molecule has 3 rings (SSSR count). The number of phenolic OH excluding ortho intramolecular Hbond substituents is 2. The molecule has 0 fully saturated rings. The molecule has 2 heterocycles. The summed E-state index contributed by atoms with van der Waals surface area (Å²) in [5, 5.41) is 21.1. The van der Waals surface area contributed by atoms with Crippen molar-refractivity contribution in [3.8, 4) is 22.6 Å². The molecule has 4 nitrogen and oxygen atoms in total. The molecule has 0 saturated carbocycles. The molecule has 0 saturated heterocycles. The van der Waals surface area contributed by atoms with Crippen molar-refractivity contribution in [2.45, 2.75) is 19.8 Å². The summed E-state index contributed by atoms with van der Waals surface area (Å²) in [7, 11) is 0. The highest BCUT2D eigenvalue weighted by atomic mass is 35.5. The topological polar surface area (TPSA) is 57.8 Å². The van der Waals surface area contributed by atoms with Crippen LogP contribution >= 0.6 is 11.6 Å². The molecule has 1 aromatic carbocycles. The summed E-state index contributed by atoms with van der Waals surface area (Å²) in [6.45, 7) is 2.05. The van der Waals surface area contributed by atoms with Crippen molar-refractivity contribution in [3.63, 3.8) is 0 Å². The third-order valence-corrected chi connectivity index (χ3v) is 3.63. The summed E-state index contributed by atoms with van der Waals surface area (Å²) < 4.78 is 1.76. The van der Waals surface area contributed by atoms with E-state index in [1.165, 1.54) is 0 Å². The van der Waals surface area contributed by atoms with E-state index in [4.69, 9.17) is 11.6 Å². The number of fused-ring (bicyclic) bond motifs is 1. The number of nitrogens with zero attached hydrogens (tertiary/aromatic N) is 2. The second kappa shape index (κ2) is 5.30. The average Bonchev–Trinajstić information content (AvgIpc) is 2.86. The fraction of sp³-hybridized carbons (Fsp3) is 0.188. The number of aryl methyl sites for hydroxylation is 1. The zero-order valence-electron chi connectivity index (χ0n) is 11.5. The van der Waals surface area contributed by atoms with Crippen LogP contribution < -0.4 is 0 Å². The number of rotatable bonds is 3. The number of halogens is 1. The zero-order chi connectivity index (χ0) is 15.0. The van der Waals surface area contributed by atoms with Crippen LogP contribution in [0.15, 0.2) is 36.8 Å². The molecule has 5 heteroatoms. The van der Waals surface area contributed by atoms with Crippen LogP contribution in [0.5, 0.6) is 11.5 Å². The summed E-state index contributed by atoms with van der Waals surface area (Å²) in [6.07, 6.45) is 6.89. The Morgan fingerprint density at radius 1 is 1.19 bits per heavy atom. The van der Waals surface area contributed by atoms with Gasteiger partial charge in [0.05, 0.1) is 10.6 Å². The minimum atomic E-state index is 0.0330. The van der Waals surface area contributed by atoms with E-state index in [1.807, 2.05) is 6.92 Å². The monoisotopic (exact) mass is 302 g/mol. The van der Waals surface area contributed by atoms with Gasteiger partial charge in [-0.25, -0.2) is 4.98 Å². The number of aromatic nitrogens is 2. The molecule has 0 radical (unpaired) electrons. The van der Waals surface area contributed by atoms with Gasteiger partial charge in [-0.1, -0.05) is 24.9 Å². The van der Waals surface area contributed by atoms with Gasteiger partial charge in [0.1, 0.15) is 17.1 Å². The van der Waals surface area contributed by atoms with Crippen molar-refractivity contribution in [1.29, 1.82) is 0 Å². The smallest absolute Gasteiger partial charge is 0.144 e. The number of aromatic hydroxyl groups is 2. The van der Waals surface area contributed by atoms with Crippen LogP contribution in [0.4, 0.5) is 0 Å². The van der Waals surface area contributed by atoms with E-state index in [0.717, 1.165) is 18.4 Å². The maximum atomic E-state index is 10.3. The molecule has 2 aromatic heterocycles. The third-order valence-electron chi connectivity index (χ3n) is 3.42. The first-order valence-electron chi connectivity index (χ1n) is 6.77. The minimum absolute atomic E-state index is 0.0330. The van der Waals surface area contributed by atoms with Crippen LogP contribution in [0.1, 0.15) is 18.9 Å². The predicted molar refractivity (Wildman–Crippen MR) is 83.0 cm³/mol. The molecule has 0 bridgehead atoms. The molecule has 0 aliphatic carbocycles. The van der Waals surface area contributed by atoms with Gasteiger partial charge in [-0.05, 0) is 30.2 Å². The van der Waals surface area contributed by atoms with Crippen LogP contribution in [0.2, 0.25) is 5.02 Å². The summed E-state index contributed by atoms with van der Waals surface area (Å²) in [6, 6.07) is 5.05. The lowest BCUT2D eigenvalue weighted by Crippen LogP contribution is -1.91. The number of pyridine rings is 1. The van der Waals surface area contributed by atoms with Gasteiger partial charge in [0.25, 0.3) is 0 Å². The van der Waals surface area contributed by atoms with Gasteiger partial charge in [-0.15, -0.1) is 0 Å². The van der Waals surface area contributed by atoms with E-state index < -0.39 is 0 Å². The molecule has 0 amide bonds. The Morgan fingerprint density at radius 2 is 1.90 bits per heavy atom. The first-order chi connectivity index (χ1) is 10.1. The van der Waals surface area contributed by atoms with E-state index in [2.05, 4.69) is 4.98 Å². The Labute approximate surface area is 127 Å². The Kier molecular flexibility index (Phi) is 3.47. The Hall–Kier alpha value is -2.20. The zero-order valence-corrected chi connectivity index (χ0v) is 12.3. The number of hydrogen-bond acceptors (Lipinski definition) is 3. The maximum Gasteiger partial charge on any atom is 0.144 e. The van der Waals surface area contributed by atoms with Gasteiger partial charge in [0.15, 0.2) is 0 Å². The molecular formula is C16H15ClN2O2. The summed E-state index contributed by atoms with van der Waals surface area (Å²) >= 11 is 6.10. The maximum absolute atomic E-state index is 10.3. The normalized spacial score (nSPS) is 11.1. The highest BCUT2D eigenvalue weighted by Gasteiger charge is 2.16. The van der Waals surface area contributed by atoms with Crippen molar-refractivity contribution in [2.24, 2.45) is 0 Å². The Bertz CT molecular complexity index is 788. The van der Waals surface area contributed by atoms with E-state index in [-0.39, 0.29) is 11.5 Å². The molecule has 0 spiro atoms. The van der Waals surface area contributed by atoms with Gasteiger partial charge in [0, 0.05) is 24.2 Å². The fourth-order valence-electron chi connectivity index (χ4n) is 2.56. The summed E-state index contributed by atoms with van der Waals surface area (Å²) in [5.74, 6) is 0.0660. The molecule has 3 aromatic rings. The van der Waals surface area contributed by atoms with E-state index in [9.17, 15) is 10.2 Å². The first kappa shape index (κ1) is 13.8. The van der Waals surface area contributed by atoms with Crippen LogP contribution in [-0.2, 0) is 6.42 Å². The number of phenols is 2. The average molecular weight is 303 g/mol. The first-order valence-corrected chi connectivity index (χ1v) is 7.15. The third kappa shape index (κ3) is 2.43. The van der Waals surface area contributed by atoms with Gasteiger partial charge in [-0.2, -0.15) is 0 Å². The van der Waals surface area contributed by atoms with Crippen molar-refractivity contribution >= 4 is 17.2 Å². The van der Waals surface area contributed by atoms with E-state index in [1.54, 1.807) is 41.2 Å². The van der Waals surface area contributed by atoms with Gasteiger partial charge in [-0.3, -0.25) is 0 Å². The highest BCUT2D eigenvalue weighted by Crippen LogP contribution is 2.41. The molecule has 0 atom stereocenters. The number of benzene rings is 1. The lowest BCUT2D eigenvalue weighted by atomic mass is 10.0. The molecule has 21 heavy (non-hydrogen) atoms. The fourth-order valence-corrected chi connectivity index (χ4v) is 2.77. The van der Waals surface area contributed by atoms with Gasteiger partial charge in [0.2, 0.25) is 0 Å². The van der Waals surface area contributed by atoms with Crippen LogP contribution in [-0.4, -0.2) is 19.6 Å². The molecule has 2 N–H and O–H groups in total. The van der Waals surface area contributed by atoms with Crippen molar-refractivity contribution < 1.29 is 10.2 Å². The van der Waals surface area contributed by atoms with Crippen molar-refractivity contribution in [2.75, 3.05) is 0 Å². The summed E-state index contributed by atoms with van der Waals surface area (Å²) in [4.78, 5) is 4.26. The van der Waals surface area contributed by atoms with E-state index >= 15 is 0 Å². The molecular weight excluding hydrogens is 288 g/mol. The van der Waals surface area contributed by atoms with Crippen molar-refractivity contribution in [3.05, 3.63) is 47.4 Å². The van der Waals surface area contributed by atoms with Crippen molar-refractivity contribution in [1.82, 2.24) is 9.38 Å². The molecule has 0 unspecified atom stereocenters. The predicted octanol–water partition coefficient (Wildman–Crippen LogP) is 4.02. The lowest BCUT2D eigenvalue weighted by molar-refractivity contribution is 0.453. The molecule has 0 aliphatic rings. The second-order valence-electron chi connectivity index (χ2n) is 4.99. The van der Waals surface area contributed by atoms with E-state index in [0.29, 0.717) is 21.8 Å². The number of hydrogen-bond donors (Lipinski definition) is 2. The standard InChI is InChI=1S/C16H15ClN2O2/c1-2-3-10-6-13(20)15(14(21)7-10)12-8-11(17)9-19-5-4-18-16(12)19/h4-9,20-21H,2-3H2,1H3. The van der Waals surface area contributed by atoms with Crippen LogP contribution in [0.25, 0.3) is 16.8 Å². The second-order valence-corrected chi connectivity index (χ2v) is 5.43. The Morgan fingerprint density at radius 3 is 2.57 bits per heavy atom. The summed E-state index contributed by atoms with van der Waals surface area (Å²) in [5.41, 5.74) is 2.49. The Balaban J connectivity index is 2.25. The largest absolute Gasteiger partial charge is 0.507 e. The quantitative estimate of drug-likeness (QED) is 0.768. The molecule has 0 aliphatic heterocycles. The van der Waals surface area contributed by atoms with Gasteiger partial charge < -0.3 is 14.6 Å². The highest BCUT2D eigenvalue weighted by molar-refractivity contribution is 6.31.